The van der Waals surface area contributed by atoms with Crippen LogP contribution in [0.5, 0.6) is 0 Å². The summed E-state index contributed by atoms with van der Waals surface area (Å²) < 4.78 is 0. The fourth-order valence-corrected chi connectivity index (χ4v) is 389. The van der Waals surface area contributed by atoms with Crippen molar-refractivity contribution in [3.63, 3.8) is 0 Å². The van der Waals surface area contributed by atoms with Gasteiger partial charge >= 0.3 is 37.7 Å². The van der Waals surface area contributed by atoms with Gasteiger partial charge in [0.05, 0.1) is 0 Å². The molecule has 0 nitrogen and oxygen atoms in total. The largest absolute Gasteiger partial charge is 1.00 e. The molecule has 0 rings (SSSR count). The van der Waals surface area contributed by atoms with Crippen LogP contribution in [0.2, 0.25) is 144 Å². The second kappa shape index (κ2) is 13.1. The van der Waals surface area contributed by atoms with Crippen molar-refractivity contribution in [2.24, 2.45) is 0 Å². The molecule has 0 fully saturated rings. The SMILES string of the molecule is C[Si](C)(C)[Si]([P-][Si](C)(C)[Si](C)(C)[P-][Si]([Si](C)(C)C)([Si](C)(C)C)[Si](C)(C)C)([Si](C)(C)C)[Si](C)(C)C.[Li+].[Li+]. The Morgan fingerprint density at radius 2 is 0.361 bits per heavy atom. The van der Waals surface area contributed by atoms with Gasteiger partial charge < -0.3 is 15.4 Å². The van der Waals surface area contributed by atoms with E-state index in [-0.39, 0.29) is 37.7 Å². The first kappa shape index (κ1) is 44.7. The van der Waals surface area contributed by atoms with E-state index in [1.54, 1.807) is 0 Å². The van der Waals surface area contributed by atoms with Crippen LogP contribution in [-0.2, 0) is 0 Å². The molecule has 0 aliphatic carbocycles. The van der Waals surface area contributed by atoms with Crippen molar-refractivity contribution in [3.8, 4) is 0 Å². The third-order valence-corrected chi connectivity index (χ3v) is 249. The number of hydrogen-bond donors (Lipinski definition) is 0. The van der Waals surface area contributed by atoms with E-state index in [0.717, 1.165) is 0 Å². The molecule has 0 saturated heterocycles. The van der Waals surface area contributed by atoms with Crippen molar-refractivity contribution in [1.29, 1.82) is 0 Å². The maximum Gasteiger partial charge on any atom is 1.00 e. The van der Waals surface area contributed by atoms with Gasteiger partial charge in [0.2, 0.25) is 0 Å². The van der Waals surface area contributed by atoms with E-state index in [1.807, 2.05) is 0 Å². The van der Waals surface area contributed by atoms with E-state index in [0.29, 0.717) is 0 Å². The molecule has 0 N–H and O–H groups in total. The van der Waals surface area contributed by atoms with Gasteiger partial charge in [0, 0.05) is 45.5 Å². The van der Waals surface area contributed by atoms with E-state index in [2.05, 4.69) is 159 Å². The fourth-order valence-electron chi connectivity index (χ4n) is 8.87. The van der Waals surface area contributed by atoms with Gasteiger partial charge in [-0.05, 0) is 0 Å². The van der Waals surface area contributed by atoms with Gasteiger partial charge in [-0.1, -0.05) is 144 Å². The van der Waals surface area contributed by atoms with Crippen LogP contribution in [0.1, 0.15) is 0 Å². The summed E-state index contributed by atoms with van der Waals surface area (Å²) in [6.07, 6.45) is -2.66. The van der Waals surface area contributed by atoms with Crippen molar-refractivity contribution >= 4 is 88.0 Å². The van der Waals surface area contributed by atoms with Crippen molar-refractivity contribution < 1.29 is 37.7 Å². The predicted molar refractivity (Wildman–Crippen MR) is 200 cm³/mol. The molecule has 0 bridgehead atoms. The zero-order chi connectivity index (χ0) is 28.4. The Labute approximate surface area is 267 Å². The fraction of sp³-hybridized carbons (Fsp3) is 1.00. The van der Waals surface area contributed by atoms with Crippen LogP contribution in [0, 0.1) is 0 Å². The normalized spacial score (nSPS) is 16.5. The van der Waals surface area contributed by atoms with Gasteiger partial charge in [0.15, 0.2) is 0 Å². The molecule has 0 aromatic heterocycles. The van der Waals surface area contributed by atoms with E-state index < -0.39 is 72.7 Å². The molecular formula is C22H66Li2P2Si10. The van der Waals surface area contributed by atoms with Gasteiger partial charge in [0.1, 0.15) is 0 Å². The summed E-state index contributed by atoms with van der Waals surface area (Å²) in [7, 11) is -5.76. The van der Waals surface area contributed by atoms with Gasteiger partial charge in [0.25, 0.3) is 0 Å². The molecule has 0 aliphatic heterocycles. The molecule has 0 aromatic carbocycles. The molecule has 0 aliphatic rings. The van der Waals surface area contributed by atoms with Crippen molar-refractivity contribution in [1.82, 2.24) is 0 Å². The van der Waals surface area contributed by atoms with Crippen LogP contribution in [-0.4, -0.2) is 72.7 Å². The van der Waals surface area contributed by atoms with Gasteiger partial charge in [-0.2, -0.15) is 0 Å². The third kappa shape index (κ3) is 8.44. The van der Waals surface area contributed by atoms with E-state index >= 15 is 0 Å². The van der Waals surface area contributed by atoms with Crippen molar-refractivity contribution in [2.45, 2.75) is 144 Å². The summed E-state index contributed by atoms with van der Waals surface area (Å²) in [5, 5.41) is 0. The summed E-state index contributed by atoms with van der Waals surface area (Å²) in [4.78, 5) is 0. The Bertz CT molecular complexity index is 586. The zero-order valence-electron chi connectivity index (χ0n) is 29.9. The number of hydrogen-bond acceptors (Lipinski definition) is 0. The Morgan fingerprint density at radius 1 is 0.250 bits per heavy atom. The predicted octanol–water partition coefficient (Wildman–Crippen LogP) is 4.77. The Hall–Kier alpha value is 4.22. The summed E-state index contributed by atoms with van der Waals surface area (Å²) in [6, 6.07) is 0. The molecule has 0 unspecified atom stereocenters. The zero-order valence-corrected chi connectivity index (χ0v) is 41.7. The molecule has 0 spiro atoms. The Balaban J connectivity index is -0.00000544. The number of rotatable bonds is 11. The van der Waals surface area contributed by atoms with Gasteiger partial charge in [-0.15, -0.1) is 27.1 Å². The van der Waals surface area contributed by atoms with Gasteiger partial charge in [-0.25, -0.2) is 0 Å². The Morgan fingerprint density at radius 3 is 0.444 bits per heavy atom. The molecular weight excluding hydrogens is 621 g/mol. The Kier molecular flexibility index (Phi) is 16.2. The van der Waals surface area contributed by atoms with Crippen LogP contribution in [0.15, 0.2) is 0 Å². The van der Waals surface area contributed by atoms with Crippen molar-refractivity contribution in [2.75, 3.05) is 0 Å². The molecule has 14 heteroatoms. The summed E-state index contributed by atoms with van der Waals surface area (Å²) in [5.41, 5.74) is 0. The van der Waals surface area contributed by atoms with Crippen LogP contribution >= 0.6 is 15.4 Å². The summed E-state index contributed by atoms with van der Waals surface area (Å²) in [6.45, 7) is 62.6. The minimum atomic E-state index is -1.38. The standard InChI is InChI=1S/C22H66P2Si10.2Li/c1-25(2,3)33(26(4,5)6,27(7,8)9)23-31(19,20)32(21,22)24-34(28(10,11)12,29(13,14)15)30(16,17)18;;/h1-22H3;;/q-2;2*+1. The average molecular weight is 687 g/mol. The molecule has 0 heterocycles. The first-order chi connectivity index (χ1) is 14.2. The van der Waals surface area contributed by atoms with Crippen LogP contribution in [0.25, 0.3) is 0 Å². The quantitative estimate of drug-likeness (QED) is 0.217. The van der Waals surface area contributed by atoms with Crippen LogP contribution < -0.4 is 37.7 Å². The van der Waals surface area contributed by atoms with E-state index in [9.17, 15) is 0 Å². The molecule has 0 aromatic rings. The molecule has 0 radical (unpaired) electrons. The van der Waals surface area contributed by atoms with Crippen molar-refractivity contribution in [3.05, 3.63) is 0 Å². The van der Waals surface area contributed by atoms with Crippen LogP contribution in [0.3, 0.4) is 0 Å². The smallest absolute Gasteiger partial charge is 0.551 e. The molecule has 206 valence electrons. The van der Waals surface area contributed by atoms with E-state index in [1.165, 1.54) is 0 Å². The summed E-state index contributed by atoms with van der Waals surface area (Å²) >= 11 is 0. The third-order valence-electron chi connectivity index (χ3n) is 8.90. The maximum absolute atomic E-state index is 2.94. The second-order valence-electron chi connectivity index (χ2n) is 18.3. The van der Waals surface area contributed by atoms with E-state index in [4.69, 9.17) is 0 Å². The maximum atomic E-state index is 2.94. The molecule has 36 heavy (non-hydrogen) atoms. The first-order valence-corrected chi connectivity index (χ1v) is 56.8. The summed E-state index contributed by atoms with van der Waals surface area (Å²) in [5.74, 6) is 0. The monoisotopic (exact) mass is 686 g/mol. The second-order valence-corrected chi connectivity index (χ2v) is 138. The minimum absolute atomic E-state index is 0. The molecule has 0 amide bonds. The molecule has 0 saturated carbocycles. The minimum Gasteiger partial charge on any atom is -0.551 e. The first-order valence-electron chi connectivity index (χ1n) is 13.6. The van der Waals surface area contributed by atoms with Gasteiger partial charge in [-0.3, -0.25) is 0 Å². The average Bonchev–Trinajstić information content (AvgIpc) is 2.42. The topological polar surface area (TPSA) is 0 Å². The van der Waals surface area contributed by atoms with Crippen LogP contribution in [0.4, 0.5) is 0 Å². The molecule has 0 atom stereocenters.